The largest absolute Gasteiger partial charge is 0.490 e. The molecular formula is C21H24FIN4O2. The van der Waals surface area contributed by atoms with Crippen molar-refractivity contribution in [3.05, 3.63) is 54.0 Å². The summed E-state index contributed by atoms with van der Waals surface area (Å²) in [5.74, 6) is 1.94. The summed E-state index contributed by atoms with van der Waals surface area (Å²) in [4.78, 5) is 7.39. The summed E-state index contributed by atoms with van der Waals surface area (Å²) in [5, 5.41) is 7.61. The summed E-state index contributed by atoms with van der Waals surface area (Å²) < 4.78 is 24.7. The SMILES string of the molecule is CN=C(NCCc1c[nH]c2cc(F)ccc12)Nc1ccc2c(c1)OCCCO2.I. The van der Waals surface area contributed by atoms with Crippen LogP contribution in [0.3, 0.4) is 0 Å². The number of hydrogen-bond donors (Lipinski definition) is 3. The lowest BCUT2D eigenvalue weighted by molar-refractivity contribution is 0.297. The van der Waals surface area contributed by atoms with Crippen LogP contribution in [-0.4, -0.2) is 37.7 Å². The first kappa shape index (κ1) is 21.2. The van der Waals surface area contributed by atoms with Crippen LogP contribution in [0.4, 0.5) is 10.1 Å². The van der Waals surface area contributed by atoms with Crippen LogP contribution in [0, 0.1) is 5.82 Å². The molecule has 29 heavy (non-hydrogen) atoms. The maximum absolute atomic E-state index is 13.3. The van der Waals surface area contributed by atoms with E-state index in [1.54, 1.807) is 13.1 Å². The van der Waals surface area contributed by atoms with Crippen LogP contribution in [0.2, 0.25) is 0 Å². The molecule has 3 N–H and O–H groups in total. The van der Waals surface area contributed by atoms with Crippen LogP contribution < -0.4 is 20.1 Å². The maximum Gasteiger partial charge on any atom is 0.195 e. The van der Waals surface area contributed by atoms with Gasteiger partial charge < -0.3 is 25.1 Å². The molecule has 0 radical (unpaired) electrons. The second-order valence-electron chi connectivity index (χ2n) is 6.59. The number of nitrogens with zero attached hydrogens (tertiary/aromatic N) is 1. The van der Waals surface area contributed by atoms with E-state index in [0.29, 0.717) is 25.7 Å². The zero-order valence-electron chi connectivity index (χ0n) is 16.1. The van der Waals surface area contributed by atoms with Crippen LogP contribution >= 0.6 is 24.0 Å². The molecule has 3 aromatic rings. The van der Waals surface area contributed by atoms with Gasteiger partial charge in [0, 0.05) is 48.9 Å². The Labute approximate surface area is 185 Å². The first-order valence-electron chi connectivity index (χ1n) is 9.36. The van der Waals surface area contributed by atoms with Gasteiger partial charge in [0.05, 0.1) is 13.2 Å². The molecule has 0 aliphatic carbocycles. The zero-order chi connectivity index (χ0) is 19.3. The van der Waals surface area contributed by atoms with Gasteiger partial charge in [-0.25, -0.2) is 4.39 Å². The molecule has 1 aliphatic heterocycles. The number of aliphatic imine (C=N–C) groups is 1. The number of aromatic nitrogens is 1. The van der Waals surface area contributed by atoms with Crippen molar-refractivity contribution in [1.29, 1.82) is 0 Å². The summed E-state index contributed by atoms with van der Waals surface area (Å²) in [6, 6.07) is 10.6. The monoisotopic (exact) mass is 510 g/mol. The summed E-state index contributed by atoms with van der Waals surface area (Å²) in [6.45, 7) is 2.01. The fraction of sp³-hybridized carbons (Fsp3) is 0.286. The van der Waals surface area contributed by atoms with E-state index in [1.165, 1.54) is 12.1 Å². The minimum Gasteiger partial charge on any atom is -0.490 e. The Hall–Kier alpha value is -2.49. The molecule has 1 aliphatic rings. The van der Waals surface area contributed by atoms with Gasteiger partial charge in [-0.3, -0.25) is 4.99 Å². The first-order chi connectivity index (χ1) is 13.7. The molecule has 0 fully saturated rings. The zero-order valence-corrected chi connectivity index (χ0v) is 18.5. The van der Waals surface area contributed by atoms with Gasteiger partial charge in [-0.1, -0.05) is 0 Å². The van der Waals surface area contributed by atoms with Gasteiger partial charge in [0.2, 0.25) is 0 Å². The quantitative estimate of drug-likeness (QED) is 0.278. The molecule has 6 nitrogen and oxygen atoms in total. The Kier molecular flexibility index (Phi) is 7.18. The van der Waals surface area contributed by atoms with Crippen molar-refractivity contribution in [2.75, 3.05) is 32.1 Å². The highest BCUT2D eigenvalue weighted by Crippen LogP contribution is 2.32. The van der Waals surface area contributed by atoms with E-state index in [9.17, 15) is 4.39 Å². The van der Waals surface area contributed by atoms with Crippen molar-refractivity contribution in [3.63, 3.8) is 0 Å². The third-order valence-corrected chi connectivity index (χ3v) is 4.65. The van der Waals surface area contributed by atoms with Crippen LogP contribution in [0.25, 0.3) is 10.9 Å². The lowest BCUT2D eigenvalue weighted by Gasteiger charge is -2.14. The van der Waals surface area contributed by atoms with E-state index in [0.717, 1.165) is 46.5 Å². The highest BCUT2D eigenvalue weighted by Gasteiger charge is 2.11. The predicted molar refractivity (Wildman–Crippen MR) is 124 cm³/mol. The van der Waals surface area contributed by atoms with E-state index in [4.69, 9.17) is 9.47 Å². The molecule has 154 valence electrons. The van der Waals surface area contributed by atoms with Crippen molar-refractivity contribution in [1.82, 2.24) is 10.3 Å². The van der Waals surface area contributed by atoms with Crippen molar-refractivity contribution < 1.29 is 13.9 Å². The lowest BCUT2D eigenvalue weighted by atomic mass is 10.1. The number of guanidine groups is 1. The van der Waals surface area contributed by atoms with Gasteiger partial charge in [0.15, 0.2) is 17.5 Å². The Morgan fingerprint density at radius 3 is 2.79 bits per heavy atom. The maximum atomic E-state index is 13.3. The number of rotatable bonds is 4. The van der Waals surface area contributed by atoms with Crippen molar-refractivity contribution in [2.24, 2.45) is 4.99 Å². The van der Waals surface area contributed by atoms with Crippen LogP contribution in [0.15, 0.2) is 47.6 Å². The van der Waals surface area contributed by atoms with Crippen molar-refractivity contribution in [3.8, 4) is 11.5 Å². The number of H-pyrrole nitrogens is 1. The average Bonchev–Trinajstić information content (AvgIpc) is 2.94. The van der Waals surface area contributed by atoms with Gasteiger partial charge in [0.25, 0.3) is 0 Å². The lowest BCUT2D eigenvalue weighted by Crippen LogP contribution is -2.32. The van der Waals surface area contributed by atoms with Crippen molar-refractivity contribution >= 4 is 46.5 Å². The Morgan fingerprint density at radius 1 is 1.14 bits per heavy atom. The molecule has 1 aromatic heterocycles. The molecule has 2 aromatic carbocycles. The molecule has 0 amide bonds. The number of benzene rings is 2. The van der Waals surface area contributed by atoms with Crippen LogP contribution in [-0.2, 0) is 6.42 Å². The van der Waals surface area contributed by atoms with E-state index in [-0.39, 0.29) is 29.8 Å². The minimum atomic E-state index is -0.237. The van der Waals surface area contributed by atoms with E-state index in [2.05, 4.69) is 20.6 Å². The summed E-state index contributed by atoms with van der Waals surface area (Å²) >= 11 is 0. The number of ether oxygens (including phenoxy) is 2. The smallest absolute Gasteiger partial charge is 0.195 e. The summed E-state index contributed by atoms with van der Waals surface area (Å²) in [7, 11) is 1.73. The fourth-order valence-electron chi connectivity index (χ4n) is 3.24. The number of anilines is 1. The van der Waals surface area contributed by atoms with Gasteiger partial charge in [-0.15, -0.1) is 24.0 Å². The fourth-order valence-corrected chi connectivity index (χ4v) is 3.24. The van der Waals surface area contributed by atoms with Gasteiger partial charge in [-0.2, -0.15) is 0 Å². The molecule has 2 heterocycles. The molecule has 0 atom stereocenters. The van der Waals surface area contributed by atoms with E-state index in [1.807, 2.05) is 24.4 Å². The molecule has 0 unspecified atom stereocenters. The first-order valence-corrected chi connectivity index (χ1v) is 9.36. The highest BCUT2D eigenvalue weighted by atomic mass is 127. The Bertz CT molecular complexity index is 1010. The van der Waals surface area contributed by atoms with E-state index < -0.39 is 0 Å². The second kappa shape index (κ2) is 9.82. The normalized spacial score (nSPS) is 13.5. The molecule has 8 heteroatoms. The molecule has 0 saturated heterocycles. The average molecular weight is 510 g/mol. The number of nitrogens with one attached hydrogen (secondary N) is 3. The van der Waals surface area contributed by atoms with Crippen LogP contribution in [0.1, 0.15) is 12.0 Å². The number of fused-ring (bicyclic) bond motifs is 2. The number of halogens is 2. The highest BCUT2D eigenvalue weighted by molar-refractivity contribution is 14.0. The third kappa shape index (κ3) is 5.11. The predicted octanol–water partition coefficient (Wildman–Crippen LogP) is 4.32. The molecule has 4 rings (SSSR count). The molecule has 0 spiro atoms. The Balaban J connectivity index is 0.00000240. The van der Waals surface area contributed by atoms with Gasteiger partial charge in [0.1, 0.15) is 5.82 Å². The van der Waals surface area contributed by atoms with Gasteiger partial charge in [-0.05, 0) is 42.3 Å². The molecular weight excluding hydrogens is 486 g/mol. The molecule has 0 saturated carbocycles. The summed E-state index contributed by atoms with van der Waals surface area (Å²) in [6.07, 6.45) is 3.58. The number of aromatic amines is 1. The minimum absolute atomic E-state index is 0. The summed E-state index contributed by atoms with van der Waals surface area (Å²) in [5.41, 5.74) is 2.82. The van der Waals surface area contributed by atoms with Gasteiger partial charge >= 0.3 is 0 Å². The number of hydrogen-bond acceptors (Lipinski definition) is 3. The third-order valence-electron chi connectivity index (χ3n) is 4.65. The van der Waals surface area contributed by atoms with Crippen molar-refractivity contribution in [2.45, 2.75) is 12.8 Å². The standard InChI is InChI=1S/C21H23FN4O2.HI/c1-23-21(26-16-4-6-19-20(12-16)28-10-2-9-27-19)24-8-7-14-13-25-18-11-15(22)3-5-17(14)18;/h3-6,11-13,25H,2,7-10H2,1H3,(H2,23,24,26);1H. The topological polar surface area (TPSA) is 70.7 Å². The molecule has 0 bridgehead atoms. The van der Waals surface area contributed by atoms with Crippen LogP contribution in [0.5, 0.6) is 11.5 Å². The Morgan fingerprint density at radius 2 is 1.97 bits per heavy atom. The second-order valence-corrected chi connectivity index (χ2v) is 6.59. The van der Waals surface area contributed by atoms with E-state index >= 15 is 0 Å².